The Labute approximate surface area is 232 Å². The summed E-state index contributed by atoms with van der Waals surface area (Å²) in [5.41, 5.74) is 3.01. The van der Waals surface area contributed by atoms with E-state index in [-0.39, 0.29) is 5.54 Å². The first-order valence-electron chi connectivity index (χ1n) is 13.5. The highest BCUT2D eigenvalue weighted by Gasteiger charge is 2.40. The normalized spacial score (nSPS) is 19.6. The van der Waals surface area contributed by atoms with Crippen LogP contribution in [0.25, 0.3) is 5.57 Å². The lowest BCUT2D eigenvalue weighted by Crippen LogP contribution is -2.54. The second-order valence-electron chi connectivity index (χ2n) is 11.3. The molecule has 39 heavy (non-hydrogen) atoms. The van der Waals surface area contributed by atoms with Crippen molar-refractivity contribution in [1.82, 2.24) is 20.3 Å². The van der Waals surface area contributed by atoms with E-state index < -0.39 is 22.5 Å². The van der Waals surface area contributed by atoms with Gasteiger partial charge < -0.3 is 20.3 Å². The van der Waals surface area contributed by atoms with Crippen molar-refractivity contribution in [1.29, 1.82) is 0 Å². The first-order valence-corrected chi connectivity index (χ1v) is 14.8. The van der Waals surface area contributed by atoms with E-state index in [0.29, 0.717) is 41.9 Å². The third kappa shape index (κ3) is 6.25. The highest BCUT2D eigenvalue weighted by Crippen LogP contribution is 2.38. The lowest BCUT2D eigenvalue weighted by Gasteiger charge is -2.43. The average molecular weight is 549 g/mol. The van der Waals surface area contributed by atoms with Gasteiger partial charge in [-0.15, -0.1) is 5.92 Å². The quantitative estimate of drug-likeness (QED) is 0.521. The van der Waals surface area contributed by atoms with Gasteiger partial charge in [-0.3, -0.25) is 9.19 Å². The predicted octanol–water partition coefficient (Wildman–Crippen LogP) is 4.06. The summed E-state index contributed by atoms with van der Waals surface area (Å²) < 4.78 is 18.3. The molecular weight excluding hydrogens is 512 g/mol. The van der Waals surface area contributed by atoms with E-state index in [4.69, 9.17) is 14.7 Å². The molecule has 2 aromatic rings. The number of pyridine rings is 1. The number of nitrogens with one attached hydrogen (secondary N) is 2. The first-order chi connectivity index (χ1) is 18.6. The molecule has 1 atom stereocenters. The predicted molar refractivity (Wildman–Crippen MR) is 153 cm³/mol. The van der Waals surface area contributed by atoms with Crippen LogP contribution in [0.5, 0.6) is 0 Å². The monoisotopic (exact) mass is 548 g/mol. The number of carbonyl (C=O) groups is 1. The molecule has 3 aliphatic rings. The molecular formula is C29H36N6O3S. The maximum atomic E-state index is 12.9. The van der Waals surface area contributed by atoms with Gasteiger partial charge in [0.25, 0.3) is 0 Å². The van der Waals surface area contributed by atoms with Gasteiger partial charge in [-0.2, -0.15) is 4.98 Å². The topological polar surface area (TPSA) is 109 Å². The van der Waals surface area contributed by atoms with Crippen LogP contribution in [-0.4, -0.2) is 61.8 Å². The molecule has 5 rings (SSSR count). The highest BCUT2D eigenvalue weighted by atomic mass is 32.2. The number of fused-ring (bicyclic) bond motifs is 1. The molecule has 10 heteroatoms. The zero-order valence-corrected chi connectivity index (χ0v) is 23.9. The molecule has 2 aromatic heterocycles. The van der Waals surface area contributed by atoms with Crippen LogP contribution < -0.4 is 15.5 Å². The van der Waals surface area contributed by atoms with Crippen molar-refractivity contribution in [3.05, 3.63) is 41.4 Å². The fourth-order valence-electron chi connectivity index (χ4n) is 5.05. The van der Waals surface area contributed by atoms with Crippen LogP contribution in [0.2, 0.25) is 0 Å². The second-order valence-corrected chi connectivity index (χ2v) is 12.8. The van der Waals surface area contributed by atoms with Gasteiger partial charge in [0.15, 0.2) is 0 Å². The number of ether oxygens (including phenoxy) is 1. The lowest BCUT2D eigenvalue weighted by molar-refractivity contribution is 0.0506. The van der Waals surface area contributed by atoms with Gasteiger partial charge in [0.1, 0.15) is 16.3 Å². The fraction of sp³-hybridized carbons (Fsp3) is 0.517. The lowest BCUT2D eigenvalue weighted by atomic mass is 9.76. The summed E-state index contributed by atoms with van der Waals surface area (Å²) in [6.45, 7) is 9.19. The molecule has 1 aliphatic carbocycles. The molecule has 1 saturated carbocycles. The number of nitrogens with zero attached hydrogens (tertiary/aromatic N) is 4. The van der Waals surface area contributed by atoms with Crippen molar-refractivity contribution in [3.8, 4) is 11.8 Å². The van der Waals surface area contributed by atoms with E-state index >= 15 is 0 Å². The molecule has 2 aliphatic heterocycles. The van der Waals surface area contributed by atoms with Crippen molar-refractivity contribution >= 4 is 34.2 Å². The van der Waals surface area contributed by atoms with Crippen LogP contribution in [0.3, 0.4) is 0 Å². The SMILES string of the molecule is CC#Cc1ccc(C2=CCN(c3nc4c(c(NC5(CNC(=O)OC(C)(C)C)CCC5)n3)[S@](=O)CC4)CC2)nc1. The Kier molecular flexibility index (Phi) is 7.63. The number of amides is 1. The van der Waals surface area contributed by atoms with E-state index in [1.165, 1.54) is 5.57 Å². The van der Waals surface area contributed by atoms with E-state index in [2.05, 4.69) is 38.4 Å². The fourth-order valence-corrected chi connectivity index (χ4v) is 6.36. The molecule has 0 spiro atoms. The van der Waals surface area contributed by atoms with Gasteiger partial charge in [-0.05, 0) is 71.1 Å². The zero-order valence-electron chi connectivity index (χ0n) is 23.1. The Bertz CT molecular complexity index is 1370. The summed E-state index contributed by atoms with van der Waals surface area (Å²) in [5, 5.41) is 6.51. The van der Waals surface area contributed by atoms with Crippen LogP contribution in [0.1, 0.15) is 70.3 Å². The van der Waals surface area contributed by atoms with Crippen LogP contribution in [0.15, 0.2) is 29.3 Å². The summed E-state index contributed by atoms with van der Waals surface area (Å²) in [6, 6.07) is 4.02. The van der Waals surface area contributed by atoms with E-state index in [9.17, 15) is 9.00 Å². The Balaban J connectivity index is 1.33. The molecule has 1 amide bonds. The maximum Gasteiger partial charge on any atom is 0.407 e. The van der Waals surface area contributed by atoms with E-state index in [0.717, 1.165) is 49.2 Å². The zero-order chi connectivity index (χ0) is 27.6. The standard InChI is InChI=1S/C29H36N6O3S/c1-5-7-20-8-9-22(30-18-20)21-10-15-35(16-11-21)26-32-23-12-17-39(37)24(23)25(33-26)34-29(13-6-14-29)19-31-27(36)38-28(2,3)4/h8-10,18H,6,11-17,19H2,1-4H3,(H,31,36)(H,32,33,34)/t39-/m1/s1. The van der Waals surface area contributed by atoms with Gasteiger partial charge in [0, 0.05) is 43.6 Å². The van der Waals surface area contributed by atoms with Crippen molar-refractivity contribution in [2.75, 3.05) is 35.6 Å². The van der Waals surface area contributed by atoms with Gasteiger partial charge in [-0.1, -0.05) is 12.0 Å². The van der Waals surface area contributed by atoms with Crippen LogP contribution in [0.4, 0.5) is 16.6 Å². The molecule has 4 heterocycles. The molecule has 0 aromatic carbocycles. The number of carbonyl (C=O) groups excluding carboxylic acids is 1. The summed E-state index contributed by atoms with van der Waals surface area (Å²) >= 11 is 0. The van der Waals surface area contributed by atoms with Gasteiger partial charge in [0.2, 0.25) is 5.95 Å². The Morgan fingerprint density at radius 2 is 2.05 bits per heavy atom. The number of alkyl carbamates (subject to hydrolysis) is 1. The third-order valence-corrected chi connectivity index (χ3v) is 8.65. The number of rotatable bonds is 6. The minimum atomic E-state index is -1.14. The molecule has 0 bridgehead atoms. The summed E-state index contributed by atoms with van der Waals surface area (Å²) in [7, 11) is -1.14. The van der Waals surface area contributed by atoms with Crippen LogP contribution >= 0.6 is 0 Å². The highest BCUT2D eigenvalue weighted by molar-refractivity contribution is 7.85. The summed E-state index contributed by atoms with van der Waals surface area (Å²) in [6.07, 6.45) is 7.86. The Hall–Kier alpha value is -3.45. The molecule has 2 N–H and O–H groups in total. The Morgan fingerprint density at radius 1 is 1.23 bits per heavy atom. The summed E-state index contributed by atoms with van der Waals surface area (Å²) in [4.78, 5) is 29.5. The van der Waals surface area contributed by atoms with Crippen LogP contribution in [0, 0.1) is 11.8 Å². The minimum Gasteiger partial charge on any atom is -0.444 e. The van der Waals surface area contributed by atoms with Crippen molar-refractivity contribution < 1.29 is 13.7 Å². The molecule has 9 nitrogen and oxygen atoms in total. The first kappa shape index (κ1) is 27.1. The number of hydrogen-bond donors (Lipinski definition) is 2. The van der Waals surface area contributed by atoms with E-state index in [1.54, 1.807) is 0 Å². The van der Waals surface area contributed by atoms with Crippen LogP contribution in [-0.2, 0) is 22.0 Å². The largest absolute Gasteiger partial charge is 0.444 e. The van der Waals surface area contributed by atoms with Gasteiger partial charge in [0.05, 0.1) is 27.7 Å². The molecule has 0 unspecified atom stereocenters. The molecule has 0 radical (unpaired) electrons. The van der Waals surface area contributed by atoms with Crippen molar-refractivity contribution in [2.24, 2.45) is 0 Å². The third-order valence-electron chi connectivity index (χ3n) is 7.19. The molecule has 1 fully saturated rings. The smallest absolute Gasteiger partial charge is 0.407 e. The molecule has 206 valence electrons. The number of aryl methyl sites for hydroxylation is 1. The van der Waals surface area contributed by atoms with Gasteiger partial charge in [-0.25, -0.2) is 9.78 Å². The average Bonchev–Trinajstić information content (AvgIpc) is 3.26. The van der Waals surface area contributed by atoms with Crippen molar-refractivity contribution in [2.45, 2.75) is 75.8 Å². The van der Waals surface area contributed by atoms with E-state index in [1.807, 2.05) is 46.0 Å². The molecule has 0 saturated heterocycles. The number of anilines is 2. The minimum absolute atomic E-state index is 0.349. The van der Waals surface area contributed by atoms with Crippen molar-refractivity contribution in [3.63, 3.8) is 0 Å². The Morgan fingerprint density at radius 3 is 2.67 bits per heavy atom. The number of hydrogen-bond acceptors (Lipinski definition) is 8. The maximum absolute atomic E-state index is 12.9. The van der Waals surface area contributed by atoms with Gasteiger partial charge >= 0.3 is 6.09 Å². The summed E-state index contributed by atoms with van der Waals surface area (Å²) in [5.74, 6) is 7.75. The number of aromatic nitrogens is 3. The second kappa shape index (κ2) is 11.0.